The van der Waals surface area contributed by atoms with Crippen LogP contribution in [-0.2, 0) is 9.59 Å². The molecule has 76 valence electrons. The Balaban J connectivity index is 4.49. The molecule has 0 bridgehead atoms. The SMILES string of the molecule is CC(C)CC(C=O)(C=O)CC(C)C. The van der Waals surface area contributed by atoms with Gasteiger partial charge >= 0.3 is 0 Å². The first-order valence-corrected chi connectivity index (χ1v) is 4.88. The highest BCUT2D eigenvalue weighted by Gasteiger charge is 2.30. The number of carbonyl (C=O) groups is 2. The van der Waals surface area contributed by atoms with Crippen LogP contribution in [0.2, 0.25) is 0 Å². The van der Waals surface area contributed by atoms with E-state index in [-0.39, 0.29) is 0 Å². The summed E-state index contributed by atoms with van der Waals surface area (Å²) in [5.74, 6) is 0.767. The third-order valence-electron chi connectivity index (χ3n) is 2.05. The minimum Gasteiger partial charge on any atom is -0.302 e. The monoisotopic (exact) mass is 184 g/mol. The Bertz CT molecular complexity index is 151. The first-order valence-electron chi connectivity index (χ1n) is 4.88. The third-order valence-corrected chi connectivity index (χ3v) is 2.05. The van der Waals surface area contributed by atoms with Crippen molar-refractivity contribution in [2.24, 2.45) is 17.3 Å². The molecule has 0 aromatic carbocycles. The average molecular weight is 184 g/mol. The third kappa shape index (κ3) is 4.20. The number of aldehydes is 2. The molecule has 2 heteroatoms. The maximum absolute atomic E-state index is 10.9. The topological polar surface area (TPSA) is 34.1 Å². The van der Waals surface area contributed by atoms with E-state index >= 15 is 0 Å². The van der Waals surface area contributed by atoms with Crippen LogP contribution in [0.4, 0.5) is 0 Å². The minimum atomic E-state index is -0.734. The summed E-state index contributed by atoms with van der Waals surface area (Å²) in [5.41, 5.74) is -0.734. The van der Waals surface area contributed by atoms with Crippen LogP contribution in [0.15, 0.2) is 0 Å². The van der Waals surface area contributed by atoms with Crippen molar-refractivity contribution in [3.63, 3.8) is 0 Å². The van der Waals surface area contributed by atoms with Gasteiger partial charge in [0.25, 0.3) is 0 Å². The van der Waals surface area contributed by atoms with Gasteiger partial charge in [-0.25, -0.2) is 0 Å². The van der Waals surface area contributed by atoms with E-state index in [0.717, 1.165) is 12.6 Å². The molecule has 0 amide bonds. The van der Waals surface area contributed by atoms with Crippen LogP contribution < -0.4 is 0 Å². The summed E-state index contributed by atoms with van der Waals surface area (Å²) in [5, 5.41) is 0. The van der Waals surface area contributed by atoms with Crippen LogP contribution in [-0.4, -0.2) is 12.6 Å². The molecule has 2 nitrogen and oxygen atoms in total. The fourth-order valence-electron chi connectivity index (χ4n) is 1.82. The van der Waals surface area contributed by atoms with Gasteiger partial charge in [0.15, 0.2) is 0 Å². The van der Waals surface area contributed by atoms with E-state index in [0.29, 0.717) is 24.7 Å². The van der Waals surface area contributed by atoms with Crippen molar-refractivity contribution in [2.75, 3.05) is 0 Å². The molecule has 0 spiro atoms. The van der Waals surface area contributed by atoms with E-state index in [1.54, 1.807) is 0 Å². The van der Waals surface area contributed by atoms with Gasteiger partial charge in [-0.15, -0.1) is 0 Å². The largest absolute Gasteiger partial charge is 0.302 e. The molecule has 0 aliphatic heterocycles. The number of hydrogen-bond donors (Lipinski definition) is 0. The summed E-state index contributed by atoms with van der Waals surface area (Å²) in [6.45, 7) is 8.12. The second kappa shape index (κ2) is 5.15. The Morgan fingerprint density at radius 3 is 1.38 bits per heavy atom. The Morgan fingerprint density at radius 2 is 1.23 bits per heavy atom. The average Bonchev–Trinajstić information content (AvgIpc) is 2.01. The fourth-order valence-corrected chi connectivity index (χ4v) is 1.82. The van der Waals surface area contributed by atoms with Crippen molar-refractivity contribution in [3.8, 4) is 0 Å². The summed E-state index contributed by atoms with van der Waals surface area (Å²) >= 11 is 0. The van der Waals surface area contributed by atoms with Gasteiger partial charge in [-0.05, 0) is 24.7 Å². The maximum atomic E-state index is 10.9. The Hall–Kier alpha value is -0.660. The minimum absolute atomic E-state index is 0.383. The zero-order valence-corrected chi connectivity index (χ0v) is 9.04. The molecule has 0 aromatic rings. The molecular formula is C11H20O2. The second-order valence-corrected chi connectivity index (χ2v) is 4.66. The van der Waals surface area contributed by atoms with Gasteiger partial charge in [0, 0.05) is 0 Å². The van der Waals surface area contributed by atoms with E-state index in [1.807, 2.05) is 27.7 Å². The standard InChI is InChI=1S/C11H20O2/c1-9(2)5-11(7-12,8-13)6-10(3)4/h7-10H,5-6H2,1-4H3. The van der Waals surface area contributed by atoms with Crippen LogP contribution in [0.5, 0.6) is 0 Å². The highest BCUT2D eigenvalue weighted by Crippen LogP contribution is 2.29. The van der Waals surface area contributed by atoms with E-state index in [1.165, 1.54) is 0 Å². The summed E-state index contributed by atoms with van der Waals surface area (Å²) < 4.78 is 0. The molecule has 0 atom stereocenters. The van der Waals surface area contributed by atoms with Gasteiger partial charge < -0.3 is 9.59 Å². The number of rotatable bonds is 6. The molecule has 0 aliphatic rings. The van der Waals surface area contributed by atoms with Crippen LogP contribution >= 0.6 is 0 Å². The first-order chi connectivity index (χ1) is 5.95. The fraction of sp³-hybridized carbons (Fsp3) is 0.818. The predicted octanol–water partition coefficient (Wildman–Crippen LogP) is 2.46. The summed E-state index contributed by atoms with van der Waals surface area (Å²) in [7, 11) is 0. The highest BCUT2D eigenvalue weighted by atomic mass is 16.1. The molecule has 0 rings (SSSR count). The Labute approximate surface area is 80.7 Å². The molecule has 13 heavy (non-hydrogen) atoms. The van der Waals surface area contributed by atoms with Crippen molar-refractivity contribution in [2.45, 2.75) is 40.5 Å². The van der Waals surface area contributed by atoms with E-state index in [2.05, 4.69) is 0 Å². The van der Waals surface area contributed by atoms with Gasteiger partial charge in [0.05, 0.1) is 5.41 Å². The van der Waals surface area contributed by atoms with Crippen LogP contribution in [0.1, 0.15) is 40.5 Å². The maximum Gasteiger partial charge on any atom is 0.133 e. The highest BCUT2D eigenvalue weighted by molar-refractivity contribution is 5.83. The summed E-state index contributed by atoms with van der Waals surface area (Å²) in [6, 6.07) is 0. The van der Waals surface area contributed by atoms with Gasteiger partial charge in [0.1, 0.15) is 12.6 Å². The van der Waals surface area contributed by atoms with Crippen LogP contribution in [0.3, 0.4) is 0 Å². The molecule has 0 radical (unpaired) electrons. The molecule has 0 saturated heterocycles. The molecular weight excluding hydrogens is 164 g/mol. The molecule has 0 saturated carbocycles. The van der Waals surface area contributed by atoms with Crippen molar-refractivity contribution in [1.82, 2.24) is 0 Å². The van der Waals surface area contributed by atoms with Crippen molar-refractivity contribution >= 4 is 12.6 Å². The van der Waals surface area contributed by atoms with Crippen LogP contribution in [0, 0.1) is 17.3 Å². The zero-order chi connectivity index (χ0) is 10.5. The molecule has 0 aliphatic carbocycles. The lowest BCUT2D eigenvalue weighted by Crippen LogP contribution is -2.28. The molecule has 0 fully saturated rings. The van der Waals surface area contributed by atoms with Crippen LogP contribution in [0.25, 0.3) is 0 Å². The molecule has 0 heterocycles. The van der Waals surface area contributed by atoms with Gasteiger partial charge in [-0.1, -0.05) is 27.7 Å². The summed E-state index contributed by atoms with van der Waals surface area (Å²) in [4.78, 5) is 21.8. The summed E-state index contributed by atoms with van der Waals surface area (Å²) in [6.07, 6.45) is 2.97. The van der Waals surface area contributed by atoms with Crippen molar-refractivity contribution < 1.29 is 9.59 Å². The molecule has 0 aromatic heterocycles. The van der Waals surface area contributed by atoms with Gasteiger partial charge in [0.2, 0.25) is 0 Å². The quantitative estimate of drug-likeness (QED) is 0.469. The second-order valence-electron chi connectivity index (χ2n) is 4.66. The van der Waals surface area contributed by atoms with E-state index < -0.39 is 5.41 Å². The number of carbonyl (C=O) groups excluding carboxylic acids is 2. The van der Waals surface area contributed by atoms with Gasteiger partial charge in [-0.3, -0.25) is 0 Å². The lowest BCUT2D eigenvalue weighted by molar-refractivity contribution is -0.128. The van der Waals surface area contributed by atoms with Crippen molar-refractivity contribution in [3.05, 3.63) is 0 Å². The Kier molecular flexibility index (Phi) is 4.89. The lowest BCUT2D eigenvalue weighted by atomic mass is 9.77. The smallest absolute Gasteiger partial charge is 0.133 e. The lowest BCUT2D eigenvalue weighted by Gasteiger charge is -2.25. The van der Waals surface area contributed by atoms with Gasteiger partial charge in [-0.2, -0.15) is 0 Å². The van der Waals surface area contributed by atoms with E-state index in [4.69, 9.17) is 0 Å². The predicted molar refractivity (Wildman–Crippen MR) is 53.5 cm³/mol. The normalized spacial score (nSPS) is 12.2. The Morgan fingerprint density at radius 1 is 0.923 bits per heavy atom. The first kappa shape index (κ1) is 12.3. The molecule has 0 unspecified atom stereocenters. The zero-order valence-electron chi connectivity index (χ0n) is 9.04. The van der Waals surface area contributed by atoms with E-state index in [9.17, 15) is 9.59 Å². The number of hydrogen-bond acceptors (Lipinski definition) is 2. The molecule has 0 N–H and O–H groups in total. The van der Waals surface area contributed by atoms with Crippen molar-refractivity contribution in [1.29, 1.82) is 0 Å².